The Hall–Kier alpha value is -3.39. The van der Waals surface area contributed by atoms with E-state index in [9.17, 15) is 14.7 Å². The maximum Gasteiger partial charge on any atom is 0.273 e. The van der Waals surface area contributed by atoms with E-state index in [0.29, 0.717) is 31.7 Å². The summed E-state index contributed by atoms with van der Waals surface area (Å²) in [6.45, 7) is 3.47. The van der Waals surface area contributed by atoms with Gasteiger partial charge in [0.05, 0.1) is 25.3 Å². The lowest BCUT2D eigenvalue weighted by Crippen LogP contribution is -2.56. The first-order valence-corrected chi connectivity index (χ1v) is 12.2. The van der Waals surface area contributed by atoms with Crippen molar-refractivity contribution in [2.75, 3.05) is 33.4 Å². The zero-order valence-electron chi connectivity index (χ0n) is 20.5. The molecule has 1 atom stereocenters. The second kappa shape index (κ2) is 9.00. The van der Waals surface area contributed by atoms with Crippen LogP contribution in [0.2, 0.25) is 0 Å². The molecule has 4 heterocycles. The van der Waals surface area contributed by atoms with E-state index in [1.807, 2.05) is 31.0 Å². The molecule has 1 N–H and O–H groups in total. The average Bonchev–Trinajstić information content (AvgIpc) is 3.21. The summed E-state index contributed by atoms with van der Waals surface area (Å²) in [4.78, 5) is 34.2. The average molecular weight is 477 g/mol. The van der Waals surface area contributed by atoms with Crippen LogP contribution in [0.15, 0.2) is 42.6 Å². The molecule has 35 heavy (non-hydrogen) atoms. The number of aromatic nitrogens is 2. The second-order valence-corrected chi connectivity index (χ2v) is 9.56. The molecule has 5 rings (SSSR count). The molecule has 2 aliphatic rings. The van der Waals surface area contributed by atoms with Gasteiger partial charge in [0.2, 0.25) is 5.91 Å². The maximum atomic E-state index is 13.7. The zero-order valence-corrected chi connectivity index (χ0v) is 20.5. The van der Waals surface area contributed by atoms with Gasteiger partial charge in [0, 0.05) is 61.9 Å². The molecule has 1 saturated heterocycles. The number of piperidine rings is 1. The molecule has 1 spiro atoms. The van der Waals surface area contributed by atoms with Gasteiger partial charge in [-0.25, -0.2) is 0 Å². The fraction of sp³-hybridized carbons (Fsp3) is 0.444. The number of methoxy groups -OCH3 is 1. The van der Waals surface area contributed by atoms with Crippen molar-refractivity contribution in [2.24, 2.45) is 7.05 Å². The van der Waals surface area contributed by atoms with E-state index in [4.69, 9.17) is 4.74 Å². The Morgan fingerprint density at radius 2 is 1.97 bits per heavy atom. The Morgan fingerprint density at radius 1 is 1.20 bits per heavy atom. The van der Waals surface area contributed by atoms with Gasteiger partial charge in [0.25, 0.3) is 5.91 Å². The summed E-state index contributed by atoms with van der Waals surface area (Å²) in [6, 6.07) is 10.9. The van der Waals surface area contributed by atoms with Gasteiger partial charge < -0.3 is 24.2 Å². The molecule has 184 valence electrons. The van der Waals surface area contributed by atoms with Crippen LogP contribution in [0.4, 0.5) is 0 Å². The summed E-state index contributed by atoms with van der Waals surface area (Å²) < 4.78 is 7.58. The van der Waals surface area contributed by atoms with Gasteiger partial charge in [-0.15, -0.1) is 0 Å². The van der Waals surface area contributed by atoms with Crippen molar-refractivity contribution < 1.29 is 19.4 Å². The minimum absolute atomic E-state index is 0.160. The van der Waals surface area contributed by atoms with E-state index < -0.39 is 6.04 Å². The SMILES string of the molecule is CCC(=O)N1CCC2(CC1)CN(C(=O)c1ccccn1)[C@@H](CO)c1c2c2ccc(OC)cc2n1C. The third-order valence-electron chi connectivity index (χ3n) is 7.84. The third kappa shape index (κ3) is 3.67. The Morgan fingerprint density at radius 3 is 2.60 bits per heavy atom. The summed E-state index contributed by atoms with van der Waals surface area (Å²) in [5.74, 6) is 0.729. The summed E-state index contributed by atoms with van der Waals surface area (Å²) >= 11 is 0. The first-order chi connectivity index (χ1) is 16.9. The number of hydrogen-bond acceptors (Lipinski definition) is 5. The largest absolute Gasteiger partial charge is 0.497 e. The summed E-state index contributed by atoms with van der Waals surface area (Å²) in [6.07, 6.45) is 3.61. The number of ether oxygens (including phenoxy) is 1. The number of aliphatic hydroxyl groups is 1. The summed E-state index contributed by atoms with van der Waals surface area (Å²) in [7, 11) is 3.64. The standard InChI is InChI=1S/C27H32N4O4/c1-4-23(33)30-13-10-27(11-14-30)17-31(26(34)20-7-5-6-12-28-20)22(16-32)25-24(27)19-9-8-18(35-3)15-21(19)29(25)2/h5-9,12,15,22,32H,4,10-11,13-14,16-17H2,1-3H3/t22-/m0/s1. The number of amides is 2. The normalized spacial score (nSPS) is 19.1. The van der Waals surface area contributed by atoms with Gasteiger partial charge in [-0.1, -0.05) is 13.0 Å². The Balaban J connectivity index is 1.68. The Bertz CT molecular complexity index is 1260. The highest BCUT2D eigenvalue weighted by Crippen LogP contribution is 2.50. The number of nitrogens with zero attached hydrogens (tertiary/aromatic N) is 4. The zero-order chi connectivity index (χ0) is 24.7. The van der Waals surface area contributed by atoms with E-state index >= 15 is 0 Å². The molecule has 8 heteroatoms. The molecule has 0 aliphatic carbocycles. The molecule has 2 amide bonds. The summed E-state index contributed by atoms with van der Waals surface area (Å²) in [5, 5.41) is 11.7. The number of carbonyl (C=O) groups excluding carboxylic acids is 2. The third-order valence-corrected chi connectivity index (χ3v) is 7.84. The van der Waals surface area contributed by atoms with E-state index in [-0.39, 0.29) is 23.8 Å². The number of rotatable bonds is 4. The minimum Gasteiger partial charge on any atom is -0.497 e. The van der Waals surface area contributed by atoms with Crippen LogP contribution in [-0.4, -0.2) is 69.6 Å². The molecule has 0 unspecified atom stereocenters. The molecule has 2 aromatic heterocycles. The predicted molar refractivity (Wildman–Crippen MR) is 132 cm³/mol. The van der Waals surface area contributed by atoms with Crippen LogP contribution in [0, 0.1) is 0 Å². The smallest absolute Gasteiger partial charge is 0.273 e. The van der Waals surface area contributed by atoms with Crippen LogP contribution in [0.3, 0.4) is 0 Å². The molecule has 0 radical (unpaired) electrons. The quantitative estimate of drug-likeness (QED) is 0.625. The second-order valence-electron chi connectivity index (χ2n) is 9.56. The Labute approximate surface area is 205 Å². The van der Waals surface area contributed by atoms with Crippen molar-refractivity contribution in [3.05, 3.63) is 59.5 Å². The number of pyridine rings is 1. The number of fused-ring (bicyclic) bond motifs is 4. The van der Waals surface area contributed by atoms with Crippen LogP contribution in [0.1, 0.15) is 54.0 Å². The number of carbonyl (C=O) groups is 2. The molecule has 0 saturated carbocycles. The first kappa shape index (κ1) is 23.4. The van der Waals surface area contributed by atoms with Crippen molar-refractivity contribution in [2.45, 2.75) is 37.6 Å². The molecular formula is C27H32N4O4. The van der Waals surface area contributed by atoms with Gasteiger partial charge in [0.15, 0.2) is 0 Å². The molecule has 8 nitrogen and oxygen atoms in total. The fourth-order valence-electron chi connectivity index (χ4n) is 6.02. The number of aliphatic hydroxyl groups excluding tert-OH is 1. The van der Waals surface area contributed by atoms with Gasteiger partial charge in [-0.2, -0.15) is 0 Å². The van der Waals surface area contributed by atoms with E-state index in [0.717, 1.165) is 35.2 Å². The van der Waals surface area contributed by atoms with Crippen LogP contribution in [0.25, 0.3) is 10.9 Å². The number of likely N-dealkylation sites (tertiary alicyclic amines) is 1. The number of hydrogen-bond donors (Lipinski definition) is 1. The first-order valence-electron chi connectivity index (χ1n) is 12.2. The molecular weight excluding hydrogens is 444 g/mol. The predicted octanol–water partition coefficient (Wildman–Crippen LogP) is 3.04. The van der Waals surface area contributed by atoms with Crippen molar-refractivity contribution >= 4 is 22.7 Å². The van der Waals surface area contributed by atoms with E-state index in [2.05, 4.69) is 15.6 Å². The van der Waals surface area contributed by atoms with Gasteiger partial charge >= 0.3 is 0 Å². The molecule has 2 aliphatic heterocycles. The van der Waals surface area contributed by atoms with Crippen molar-refractivity contribution in [3.8, 4) is 5.75 Å². The topological polar surface area (TPSA) is 87.9 Å². The Kier molecular flexibility index (Phi) is 6.01. The molecule has 0 bridgehead atoms. The molecule has 1 fully saturated rings. The highest BCUT2D eigenvalue weighted by Gasteiger charge is 2.50. The highest BCUT2D eigenvalue weighted by atomic mass is 16.5. The fourth-order valence-corrected chi connectivity index (χ4v) is 6.02. The van der Waals surface area contributed by atoms with Crippen LogP contribution < -0.4 is 4.74 Å². The number of aryl methyl sites for hydroxylation is 1. The lowest BCUT2D eigenvalue weighted by Gasteiger charge is -2.50. The van der Waals surface area contributed by atoms with Gasteiger partial charge in [0.1, 0.15) is 11.4 Å². The van der Waals surface area contributed by atoms with Crippen molar-refractivity contribution in [1.82, 2.24) is 19.4 Å². The molecule has 3 aromatic rings. The lowest BCUT2D eigenvalue weighted by molar-refractivity contribution is -0.132. The monoisotopic (exact) mass is 476 g/mol. The van der Waals surface area contributed by atoms with E-state index in [1.54, 1.807) is 36.4 Å². The lowest BCUT2D eigenvalue weighted by atomic mass is 9.68. The highest BCUT2D eigenvalue weighted by molar-refractivity contribution is 5.94. The summed E-state index contributed by atoms with van der Waals surface area (Å²) in [5.41, 5.74) is 3.17. The maximum absolute atomic E-state index is 13.7. The van der Waals surface area contributed by atoms with Crippen LogP contribution >= 0.6 is 0 Å². The van der Waals surface area contributed by atoms with Crippen molar-refractivity contribution in [1.29, 1.82) is 0 Å². The van der Waals surface area contributed by atoms with E-state index in [1.165, 1.54) is 5.56 Å². The van der Waals surface area contributed by atoms with Gasteiger partial charge in [-0.05, 0) is 42.7 Å². The van der Waals surface area contributed by atoms with Gasteiger partial charge in [-0.3, -0.25) is 14.6 Å². The minimum atomic E-state index is -0.496. The number of benzene rings is 1. The van der Waals surface area contributed by atoms with Crippen LogP contribution in [-0.2, 0) is 17.3 Å². The van der Waals surface area contributed by atoms with Crippen LogP contribution in [0.5, 0.6) is 5.75 Å². The molecule has 1 aromatic carbocycles. The van der Waals surface area contributed by atoms with Crippen molar-refractivity contribution in [3.63, 3.8) is 0 Å².